The molecule has 14 heteroatoms. The molecule has 588 valence electrons. The zero-order valence-electron chi connectivity index (χ0n) is 64.7. The van der Waals surface area contributed by atoms with E-state index in [1.54, 1.807) is 6.08 Å². The molecule has 2 aliphatic rings. The molecule has 14 nitrogen and oxygen atoms in total. The number of hydrogen-bond acceptors (Lipinski definition) is 13. The average molecular weight is 1420 g/mol. The van der Waals surface area contributed by atoms with Crippen LogP contribution in [-0.4, -0.2) is 140 Å². The summed E-state index contributed by atoms with van der Waals surface area (Å²) in [6.45, 7) is 2.84. The molecule has 0 aromatic heterocycles. The van der Waals surface area contributed by atoms with Crippen LogP contribution in [0.2, 0.25) is 0 Å². The van der Waals surface area contributed by atoms with Gasteiger partial charge in [0.25, 0.3) is 0 Å². The molecule has 0 radical (unpaired) electrons. The Morgan fingerprint density at radius 1 is 0.360 bits per heavy atom. The van der Waals surface area contributed by atoms with E-state index < -0.39 is 86.8 Å². The number of unbranched alkanes of at least 4 members (excludes halogenated alkanes) is 54. The van der Waals surface area contributed by atoms with E-state index in [-0.39, 0.29) is 18.9 Å². The second kappa shape index (κ2) is 70.0. The standard InChI is InChI=1S/C86H161NO13/c1-3-5-7-9-11-13-15-17-19-21-23-25-27-29-31-33-35-36-37-38-40-42-44-46-48-50-52-54-56-58-60-62-64-66-68-70-78(91)87-74(73-97-85-83(96)81(94)84(77(72-89)99-85)100-86-82(95)80(93)79(92)76(71-88)98-86)75(90)69-67-65-63-61-59-57-55-53-51-49-47-45-43-41-39-34-32-30-28-26-24-22-20-18-16-14-12-10-8-6-4-2/h15,17,21,23,59,61,67,69,74-77,79-86,88-90,92-96H,3-14,16,18-20,22,24-58,60,62-66,68,70-73H2,1-2H3,(H,87,91)/b17-15-,23-21-,61-59+,69-67+. The Labute approximate surface area is 614 Å². The van der Waals surface area contributed by atoms with E-state index in [0.29, 0.717) is 12.8 Å². The molecule has 2 aliphatic heterocycles. The molecule has 0 bridgehead atoms. The van der Waals surface area contributed by atoms with Gasteiger partial charge in [-0.1, -0.05) is 377 Å². The molecule has 0 aliphatic carbocycles. The first-order valence-corrected chi connectivity index (χ1v) is 42.9. The number of nitrogens with one attached hydrogen (secondary N) is 1. The highest BCUT2D eigenvalue weighted by Gasteiger charge is 2.51. The van der Waals surface area contributed by atoms with E-state index in [2.05, 4.69) is 55.6 Å². The second-order valence-corrected chi connectivity index (χ2v) is 30.3. The topological polar surface area (TPSA) is 228 Å². The molecule has 12 atom stereocenters. The molecule has 0 aromatic rings. The largest absolute Gasteiger partial charge is 0.394 e. The predicted octanol–water partition coefficient (Wildman–Crippen LogP) is 20.1. The molecule has 9 N–H and O–H groups in total. The molecular weight excluding hydrogens is 1250 g/mol. The van der Waals surface area contributed by atoms with Gasteiger partial charge in [0, 0.05) is 6.42 Å². The van der Waals surface area contributed by atoms with Crippen molar-refractivity contribution in [3.8, 4) is 0 Å². The minimum absolute atomic E-state index is 0.241. The summed E-state index contributed by atoms with van der Waals surface area (Å²) in [5, 5.41) is 87.8. The molecule has 0 aromatic carbocycles. The minimum Gasteiger partial charge on any atom is -0.394 e. The maximum atomic E-state index is 13.4. The van der Waals surface area contributed by atoms with E-state index in [1.165, 1.54) is 327 Å². The fraction of sp³-hybridized carbons (Fsp3) is 0.895. The summed E-state index contributed by atoms with van der Waals surface area (Å²) >= 11 is 0. The van der Waals surface area contributed by atoms with Crippen LogP contribution in [0.25, 0.3) is 0 Å². The predicted molar refractivity (Wildman–Crippen MR) is 415 cm³/mol. The molecule has 2 heterocycles. The third-order valence-electron chi connectivity index (χ3n) is 21.0. The van der Waals surface area contributed by atoms with Gasteiger partial charge in [-0.3, -0.25) is 4.79 Å². The van der Waals surface area contributed by atoms with E-state index in [1.807, 2.05) is 6.08 Å². The molecule has 1 amide bonds. The van der Waals surface area contributed by atoms with Crippen molar-refractivity contribution in [2.24, 2.45) is 0 Å². The summed E-state index contributed by atoms with van der Waals surface area (Å²) in [4.78, 5) is 13.4. The quantitative estimate of drug-likeness (QED) is 0.0204. The SMILES string of the molecule is CCCCCCC/C=C\C/C=C\CCCCCCCCCCCCCCCCCCCCCCCCCC(=O)NC(COC1OC(CO)C(OC2OC(CO)C(O)C(O)C2O)C(O)C1O)C(O)/C=C/CC/C=C/CCCCCCCCCCCCCCCCCCCCCCCCCCC. The smallest absolute Gasteiger partial charge is 0.220 e. The normalized spacial score (nSPS) is 22.0. The van der Waals surface area contributed by atoms with Crippen LogP contribution < -0.4 is 5.32 Å². The van der Waals surface area contributed by atoms with Crippen LogP contribution in [0.15, 0.2) is 48.6 Å². The van der Waals surface area contributed by atoms with E-state index in [0.717, 1.165) is 38.5 Å². The van der Waals surface area contributed by atoms with Gasteiger partial charge in [-0.05, 0) is 64.2 Å². The van der Waals surface area contributed by atoms with Crippen molar-refractivity contribution >= 4 is 5.91 Å². The first kappa shape index (κ1) is 94.0. The number of allylic oxidation sites excluding steroid dienone is 7. The van der Waals surface area contributed by atoms with Gasteiger partial charge < -0.3 is 65.1 Å². The molecule has 2 saturated heterocycles. The van der Waals surface area contributed by atoms with E-state index in [4.69, 9.17) is 18.9 Å². The molecule has 100 heavy (non-hydrogen) atoms. The summed E-state index contributed by atoms with van der Waals surface area (Å²) in [5.74, 6) is -0.241. The van der Waals surface area contributed by atoms with Gasteiger partial charge in [0.15, 0.2) is 12.6 Å². The lowest BCUT2D eigenvalue weighted by molar-refractivity contribution is -0.359. The highest BCUT2D eigenvalue weighted by Crippen LogP contribution is 2.30. The number of amides is 1. The van der Waals surface area contributed by atoms with E-state index in [9.17, 15) is 45.6 Å². The third-order valence-corrected chi connectivity index (χ3v) is 21.0. The van der Waals surface area contributed by atoms with E-state index >= 15 is 0 Å². The monoisotopic (exact) mass is 1420 g/mol. The lowest BCUT2D eigenvalue weighted by atomic mass is 9.97. The molecule has 0 spiro atoms. The van der Waals surface area contributed by atoms with Gasteiger partial charge in [-0.2, -0.15) is 0 Å². The minimum atomic E-state index is -1.79. The van der Waals surface area contributed by atoms with Crippen molar-refractivity contribution in [1.82, 2.24) is 5.32 Å². The number of carbonyl (C=O) groups is 1. The van der Waals surface area contributed by atoms with Crippen LogP contribution in [0.3, 0.4) is 0 Å². The Morgan fingerprint density at radius 3 is 1.04 bits per heavy atom. The van der Waals surface area contributed by atoms with Crippen molar-refractivity contribution in [3.05, 3.63) is 48.6 Å². The van der Waals surface area contributed by atoms with Crippen LogP contribution in [0.4, 0.5) is 0 Å². The van der Waals surface area contributed by atoms with Crippen LogP contribution in [0, 0.1) is 0 Å². The van der Waals surface area contributed by atoms with Gasteiger partial charge >= 0.3 is 0 Å². The highest BCUT2D eigenvalue weighted by molar-refractivity contribution is 5.76. The molecule has 0 saturated carbocycles. The number of ether oxygens (including phenoxy) is 4. The number of carbonyl (C=O) groups excluding carboxylic acids is 1. The van der Waals surface area contributed by atoms with Crippen molar-refractivity contribution in [2.75, 3.05) is 19.8 Å². The fourth-order valence-corrected chi connectivity index (χ4v) is 14.2. The molecule has 2 rings (SSSR count). The van der Waals surface area contributed by atoms with Crippen LogP contribution in [-0.2, 0) is 23.7 Å². The number of rotatable bonds is 73. The maximum Gasteiger partial charge on any atom is 0.220 e. The first-order valence-electron chi connectivity index (χ1n) is 42.9. The summed E-state index contributed by atoms with van der Waals surface area (Å²) in [6, 6.07) is -0.933. The van der Waals surface area contributed by atoms with Crippen LogP contribution in [0.5, 0.6) is 0 Å². The summed E-state index contributed by atoms with van der Waals surface area (Å²) in [5.41, 5.74) is 0. The summed E-state index contributed by atoms with van der Waals surface area (Å²) < 4.78 is 22.9. The number of aliphatic hydroxyl groups is 8. The Bertz CT molecular complexity index is 1870. The lowest BCUT2D eigenvalue weighted by Gasteiger charge is -2.46. The van der Waals surface area contributed by atoms with Crippen molar-refractivity contribution < 1.29 is 64.6 Å². The maximum absolute atomic E-state index is 13.4. The first-order chi connectivity index (χ1) is 49.1. The second-order valence-electron chi connectivity index (χ2n) is 30.3. The molecular formula is C86H161NO13. The lowest BCUT2D eigenvalue weighted by Crippen LogP contribution is -2.65. The van der Waals surface area contributed by atoms with Crippen molar-refractivity contribution in [2.45, 2.75) is 473 Å². The number of aliphatic hydroxyl groups excluding tert-OH is 8. The van der Waals surface area contributed by atoms with Crippen molar-refractivity contribution in [1.29, 1.82) is 0 Å². The van der Waals surface area contributed by atoms with Gasteiger partial charge in [-0.15, -0.1) is 0 Å². The van der Waals surface area contributed by atoms with Gasteiger partial charge in [0.1, 0.15) is 48.8 Å². The summed E-state index contributed by atoms with van der Waals surface area (Å²) in [6.07, 6.45) is 77.9. The Kier molecular flexibility index (Phi) is 65.8. The Morgan fingerprint density at radius 2 is 0.670 bits per heavy atom. The van der Waals surface area contributed by atoms with Gasteiger partial charge in [0.05, 0.1) is 32.0 Å². The molecule has 12 unspecified atom stereocenters. The fourth-order valence-electron chi connectivity index (χ4n) is 14.2. The third kappa shape index (κ3) is 52.0. The Balaban J connectivity index is 1.60. The zero-order valence-corrected chi connectivity index (χ0v) is 64.7. The van der Waals surface area contributed by atoms with Crippen molar-refractivity contribution in [3.63, 3.8) is 0 Å². The molecule has 2 fully saturated rings. The van der Waals surface area contributed by atoms with Gasteiger partial charge in [0.2, 0.25) is 5.91 Å². The van der Waals surface area contributed by atoms with Gasteiger partial charge in [-0.25, -0.2) is 0 Å². The van der Waals surface area contributed by atoms with Crippen LogP contribution >= 0.6 is 0 Å². The summed E-state index contributed by atoms with van der Waals surface area (Å²) in [7, 11) is 0. The highest BCUT2D eigenvalue weighted by atomic mass is 16.7. The zero-order chi connectivity index (χ0) is 72.2. The average Bonchev–Trinajstić information content (AvgIpc) is 0.790. The number of hydrogen-bond donors (Lipinski definition) is 9. The van der Waals surface area contributed by atoms with Crippen LogP contribution in [0.1, 0.15) is 399 Å². The Hall–Kier alpha value is -2.05.